The number of aryl methyl sites for hydroxylation is 1. The molecule has 1 amide bonds. The highest BCUT2D eigenvalue weighted by Gasteiger charge is 2.27. The number of nitrogens with one attached hydrogen (secondary N) is 1. The Kier molecular flexibility index (Phi) is 4.70. The Morgan fingerprint density at radius 2 is 2.10 bits per heavy atom. The van der Waals surface area contributed by atoms with Crippen molar-refractivity contribution in [2.75, 3.05) is 18.5 Å². The maximum atomic E-state index is 12.9. The molecule has 1 saturated heterocycles. The van der Waals surface area contributed by atoms with Crippen molar-refractivity contribution in [1.82, 2.24) is 19.5 Å². The summed E-state index contributed by atoms with van der Waals surface area (Å²) in [6.45, 7) is 2.99. The Hall–Kier alpha value is -3.66. The normalized spacial score (nSPS) is 14.2. The predicted octanol–water partition coefficient (Wildman–Crippen LogP) is 4.00. The van der Waals surface area contributed by atoms with Crippen LogP contribution in [0.1, 0.15) is 39.8 Å². The summed E-state index contributed by atoms with van der Waals surface area (Å²) in [6, 6.07) is 7.97. The molecule has 0 atom stereocenters. The Balaban J connectivity index is 1.40. The number of benzene rings is 1. The topological polar surface area (TPSA) is 94.5 Å². The molecule has 0 saturated carbocycles. The molecule has 8 nitrogen and oxygen atoms in total. The van der Waals surface area contributed by atoms with Crippen LogP contribution in [0.5, 0.6) is 0 Å². The molecule has 1 aromatic carbocycles. The van der Waals surface area contributed by atoms with E-state index in [1.165, 1.54) is 28.9 Å². The molecular formula is C21H17F2N5O3. The number of aromatic nitrogens is 4. The quantitative estimate of drug-likeness (QED) is 0.520. The van der Waals surface area contributed by atoms with Crippen LogP contribution in [0, 0.1) is 6.92 Å². The van der Waals surface area contributed by atoms with Crippen LogP contribution in [0.15, 0.2) is 47.2 Å². The molecule has 5 rings (SSSR count). The van der Waals surface area contributed by atoms with Crippen molar-refractivity contribution in [3.05, 3.63) is 65.4 Å². The number of rotatable bonds is 5. The van der Waals surface area contributed by atoms with Gasteiger partial charge in [-0.3, -0.25) is 9.20 Å². The number of hydrogen-bond acceptors (Lipinski definition) is 6. The molecule has 4 aromatic rings. The number of anilines is 1. The van der Waals surface area contributed by atoms with Gasteiger partial charge in [-0.25, -0.2) is 13.8 Å². The summed E-state index contributed by atoms with van der Waals surface area (Å²) in [5.74, 6) is 0.651. The van der Waals surface area contributed by atoms with Gasteiger partial charge in [0, 0.05) is 23.0 Å². The lowest BCUT2D eigenvalue weighted by Crippen LogP contribution is -2.25. The molecule has 0 unspecified atom stereocenters. The van der Waals surface area contributed by atoms with E-state index in [0.717, 1.165) is 5.56 Å². The fraction of sp³-hybridized carbons (Fsp3) is 0.238. The number of ether oxygens (including phenoxy) is 1. The van der Waals surface area contributed by atoms with Crippen LogP contribution < -0.4 is 5.32 Å². The second-order valence-electron chi connectivity index (χ2n) is 7.31. The van der Waals surface area contributed by atoms with E-state index in [9.17, 15) is 13.6 Å². The molecule has 158 valence electrons. The summed E-state index contributed by atoms with van der Waals surface area (Å²) in [4.78, 5) is 21.4. The SMILES string of the molecule is Cc1ccc(-c2noc(C3COC3)n2)cc1NC(=O)c1cnc2cc(C(F)F)ccn12. The van der Waals surface area contributed by atoms with Crippen molar-refractivity contribution < 1.29 is 22.8 Å². The maximum absolute atomic E-state index is 12.9. The number of halogens is 2. The molecule has 1 N–H and O–H groups in total. The van der Waals surface area contributed by atoms with Crippen molar-refractivity contribution in [2.24, 2.45) is 0 Å². The standard InChI is InChI=1S/C21H17F2N5O3/c1-11-2-3-13(19-26-21(31-27-19)14-9-30-10-14)6-15(11)25-20(29)16-8-24-17-7-12(18(22)23)4-5-28(16)17/h2-8,14,18H,9-10H2,1H3,(H,25,29). The van der Waals surface area contributed by atoms with Crippen LogP contribution in [0.4, 0.5) is 14.5 Å². The minimum Gasteiger partial charge on any atom is -0.380 e. The highest BCUT2D eigenvalue weighted by atomic mass is 19.3. The van der Waals surface area contributed by atoms with Gasteiger partial charge in [-0.2, -0.15) is 4.98 Å². The molecule has 3 aromatic heterocycles. The Morgan fingerprint density at radius 3 is 2.84 bits per heavy atom. The number of imidazole rings is 1. The first-order valence-corrected chi connectivity index (χ1v) is 9.58. The third-order valence-electron chi connectivity index (χ3n) is 5.19. The van der Waals surface area contributed by atoms with Gasteiger partial charge in [-0.1, -0.05) is 17.3 Å². The smallest absolute Gasteiger partial charge is 0.274 e. The highest BCUT2D eigenvalue weighted by molar-refractivity contribution is 6.04. The molecule has 31 heavy (non-hydrogen) atoms. The lowest BCUT2D eigenvalue weighted by molar-refractivity contribution is -0.00445. The molecule has 1 fully saturated rings. The van der Waals surface area contributed by atoms with Gasteiger partial charge in [-0.05, 0) is 30.7 Å². The van der Waals surface area contributed by atoms with Crippen LogP contribution in [0.2, 0.25) is 0 Å². The predicted molar refractivity (Wildman–Crippen MR) is 106 cm³/mol. The average molecular weight is 425 g/mol. The lowest BCUT2D eigenvalue weighted by atomic mass is 10.1. The van der Waals surface area contributed by atoms with E-state index >= 15 is 0 Å². The number of nitrogens with zero attached hydrogens (tertiary/aromatic N) is 4. The average Bonchev–Trinajstić information content (AvgIpc) is 3.35. The second-order valence-corrected chi connectivity index (χ2v) is 7.31. The zero-order valence-corrected chi connectivity index (χ0v) is 16.4. The van der Waals surface area contributed by atoms with Gasteiger partial charge in [0.05, 0.1) is 25.3 Å². The van der Waals surface area contributed by atoms with Crippen molar-refractivity contribution in [3.8, 4) is 11.4 Å². The van der Waals surface area contributed by atoms with E-state index in [0.29, 0.717) is 36.2 Å². The third-order valence-corrected chi connectivity index (χ3v) is 5.19. The number of amides is 1. The summed E-state index contributed by atoms with van der Waals surface area (Å²) in [6.07, 6.45) is 0.157. The maximum Gasteiger partial charge on any atom is 0.274 e. The Labute approximate surface area is 174 Å². The fourth-order valence-electron chi connectivity index (χ4n) is 3.28. The van der Waals surface area contributed by atoms with Crippen LogP contribution in [0.25, 0.3) is 17.0 Å². The van der Waals surface area contributed by atoms with Gasteiger partial charge >= 0.3 is 0 Å². The third kappa shape index (κ3) is 3.55. The van der Waals surface area contributed by atoms with Gasteiger partial charge in [0.25, 0.3) is 12.3 Å². The number of hydrogen-bond donors (Lipinski definition) is 1. The van der Waals surface area contributed by atoms with Crippen molar-refractivity contribution in [1.29, 1.82) is 0 Å². The summed E-state index contributed by atoms with van der Waals surface area (Å²) >= 11 is 0. The van der Waals surface area contributed by atoms with Gasteiger partial charge in [-0.15, -0.1) is 0 Å². The molecule has 1 aliphatic rings. The van der Waals surface area contributed by atoms with Crippen molar-refractivity contribution in [2.45, 2.75) is 19.3 Å². The molecule has 0 radical (unpaired) electrons. The molecule has 0 bridgehead atoms. The minimum absolute atomic E-state index is 0.117. The van der Waals surface area contributed by atoms with Crippen LogP contribution >= 0.6 is 0 Å². The molecule has 0 aliphatic carbocycles. The Bertz CT molecular complexity index is 1280. The molecule has 0 spiro atoms. The van der Waals surface area contributed by atoms with E-state index in [1.54, 1.807) is 6.07 Å². The summed E-state index contributed by atoms with van der Waals surface area (Å²) in [5, 5.41) is 6.87. The first-order chi connectivity index (χ1) is 15.0. The van der Waals surface area contributed by atoms with E-state index in [-0.39, 0.29) is 22.8 Å². The van der Waals surface area contributed by atoms with Crippen molar-refractivity contribution >= 4 is 17.2 Å². The highest BCUT2D eigenvalue weighted by Crippen LogP contribution is 2.28. The van der Waals surface area contributed by atoms with Gasteiger partial charge in [0.15, 0.2) is 0 Å². The summed E-state index contributed by atoms with van der Waals surface area (Å²) in [5.41, 5.74) is 2.44. The lowest BCUT2D eigenvalue weighted by Gasteiger charge is -2.21. The number of fused-ring (bicyclic) bond motifs is 1. The molecule has 1 aliphatic heterocycles. The van der Waals surface area contributed by atoms with Gasteiger partial charge < -0.3 is 14.6 Å². The van der Waals surface area contributed by atoms with Crippen molar-refractivity contribution in [3.63, 3.8) is 0 Å². The zero-order chi connectivity index (χ0) is 21.5. The first-order valence-electron chi connectivity index (χ1n) is 9.58. The number of alkyl halides is 2. The Morgan fingerprint density at radius 1 is 1.26 bits per heavy atom. The summed E-state index contributed by atoms with van der Waals surface area (Å²) in [7, 11) is 0. The fourth-order valence-corrected chi connectivity index (χ4v) is 3.28. The van der Waals surface area contributed by atoms with Gasteiger partial charge in [0.1, 0.15) is 11.3 Å². The van der Waals surface area contributed by atoms with E-state index in [1.807, 2.05) is 19.1 Å². The van der Waals surface area contributed by atoms with E-state index in [4.69, 9.17) is 9.26 Å². The number of carbonyl (C=O) groups is 1. The first kappa shape index (κ1) is 19.3. The van der Waals surface area contributed by atoms with E-state index in [2.05, 4.69) is 20.4 Å². The molecular weight excluding hydrogens is 408 g/mol. The van der Waals surface area contributed by atoms with Crippen LogP contribution in [-0.2, 0) is 4.74 Å². The van der Waals surface area contributed by atoms with Gasteiger partial charge in [0.2, 0.25) is 11.7 Å². The number of carbonyl (C=O) groups excluding carboxylic acids is 1. The molecule has 10 heteroatoms. The zero-order valence-electron chi connectivity index (χ0n) is 16.4. The largest absolute Gasteiger partial charge is 0.380 e. The second kappa shape index (κ2) is 7.55. The molecule has 4 heterocycles. The van der Waals surface area contributed by atoms with E-state index < -0.39 is 12.3 Å². The van der Waals surface area contributed by atoms with Crippen LogP contribution in [-0.4, -0.2) is 38.6 Å². The summed E-state index contributed by atoms with van der Waals surface area (Å²) < 4.78 is 37.7. The number of pyridine rings is 1. The van der Waals surface area contributed by atoms with Crippen LogP contribution in [0.3, 0.4) is 0 Å². The monoisotopic (exact) mass is 425 g/mol. The minimum atomic E-state index is -2.60.